The molecule has 1 aromatic heterocycles. The van der Waals surface area contributed by atoms with Crippen molar-refractivity contribution in [3.8, 4) is 0 Å². The number of carbonyl (C=O) groups excluding carboxylic acids is 2. The van der Waals surface area contributed by atoms with E-state index in [0.29, 0.717) is 24.3 Å². The van der Waals surface area contributed by atoms with Crippen molar-refractivity contribution in [3.63, 3.8) is 0 Å². The average Bonchev–Trinajstić information content (AvgIpc) is 3.28. The fraction of sp³-hybridized carbons (Fsp3) is 0.368. The van der Waals surface area contributed by atoms with Gasteiger partial charge in [0.1, 0.15) is 12.3 Å². The third-order valence-corrected chi connectivity index (χ3v) is 4.09. The van der Waals surface area contributed by atoms with Crippen molar-refractivity contribution < 1.29 is 18.9 Å². The van der Waals surface area contributed by atoms with E-state index in [0.717, 1.165) is 29.3 Å². The third kappa shape index (κ3) is 4.93. The van der Waals surface area contributed by atoms with Gasteiger partial charge in [0.15, 0.2) is 12.3 Å². The van der Waals surface area contributed by atoms with Crippen LogP contribution in [-0.2, 0) is 11.3 Å². The molecule has 1 saturated carbocycles. The molecule has 1 aliphatic carbocycles. The molecule has 3 rings (SSSR count). The Hall–Kier alpha value is -2.60. The predicted molar refractivity (Wildman–Crippen MR) is 94.5 cm³/mol. The molecule has 3 N–H and O–H groups in total. The number of carbonyl (C=O) groups is 2. The van der Waals surface area contributed by atoms with Gasteiger partial charge in [-0.3, -0.25) is 9.59 Å². The number of hydrogen-bond donors (Lipinski definition) is 3. The van der Waals surface area contributed by atoms with Crippen LogP contribution in [0.15, 0.2) is 40.8 Å². The Kier molecular flexibility index (Phi) is 5.19. The molecule has 6 heteroatoms. The topological polar surface area (TPSA) is 75.8 Å². The highest BCUT2D eigenvalue weighted by Crippen LogP contribution is 2.21. The first-order valence-electron chi connectivity index (χ1n) is 8.57. The monoisotopic (exact) mass is 342 g/mol. The molecule has 1 unspecified atom stereocenters. The molecule has 1 aliphatic rings. The van der Waals surface area contributed by atoms with Gasteiger partial charge in [-0.1, -0.05) is 12.1 Å². The SMILES string of the molecule is Cc1ccc(C[NH+](C)CC(=O)Nc2ccccc2C(=O)NC2CC2)o1. The van der Waals surface area contributed by atoms with Gasteiger partial charge < -0.3 is 20.0 Å². The van der Waals surface area contributed by atoms with Crippen LogP contribution in [0.2, 0.25) is 0 Å². The van der Waals surface area contributed by atoms with Crippen molar-refractivity contribution in [2.75, 3.05) is 18.9 Å². The second kappa shape index (κ2) is 7.53. The minimum absolute atomic E-state index is 0.132. The Morgan fingerprint density at radius 3 is 2.64 bits per heavy atom. The summed E-state index contributed by atoms with van der Waals surface area (Å²) in [6.45, 7) is 2.82. The molecule has 132 valence electrons. The van der Waals surface area contributed by atoms with Gasteiger partial charge in [-0.05, 0) is 44.0 Å². The van der Waals surface area contributed by atoms with E-state index in [1.165, 1.54) is 0 Å². The van der Waals surface area contributed by atoms with Crippen LogP contribution >= 0.6 is 0 Å². The fourth-order valence-electron chi connectivity index (χ4n) is 2.69. The first-order valence-corrected chi connectivity index (χ1v) is 8.57. The second-order valence-corrected chi connectivity index (χ2v) is 6.66. The standard InChI is InChI=1S/C19H23N3O3/c1-13-7-10-15(25-13)11-22(2)12-18(23)21-17-6-4-3-5-16(17)19(24)20-14-8-9-14/h3-7,10,14H,8-9,11-12H2,1-2H3,(H,20,24)(H,21,23)/p+1. The lowest BCUT2D eigenvalue weighted by Crippen LogP contribution is -3.08. The number of para-hydroxylation sites is 1. The minimum atomic E-state index is -0.134. The van der Waals surface area contributed by atoms with Gasteiger partial charge in [-0.15, -0.1) is 0 Å². The predicted octanol–water partition coefficient (Wildman–Crippen LogP) is 1.13. The summed E-state index contributed by atoms with van der Waals surface area (Å²) in [6, 6.07) is 11.2. The van der Waals surface area contributed by atoms with Crippen LogP contribution in [0, 0.1) is 6.92 Å². The van der Waals surface area contributed by atoms with Crippen LogP contribution in [-0.4, -0.2) is 31.4 Å². The number of furan rings is 1. The lowest BCUT2D eigenvalue weighted by atomic mass is 10.1. The molecule has 0 saturated heterocycles. The van der Waals surface area contributed by atoms with Gasteiger partial charge in [-0.2, -0.15) is 0 Å². The van der Waals surface area contributed by atoms with E-state index >= 15 is 0 Å². The highest BCUT2D eigenvalue weighted by Gasteiger charge is 2.25. The maximum atomic E-state index is 12.3. The molecule has 0 bridgehead atoms. The van der Waals surface area contributed by atoms with E-state index in [1.54, 1.807) is 18.2 Å². The van der Waals surface area contributed by atoms with E-state index in [1.807, 2.05) is 32.2 Å². The lowest BCUT2D eigenvalue weighted by Gasteiger charge is -2.14. The molecule has 2 amide bonds. The molecule has 1 fully saturated rings. The van der Waals surface area contributed by atoms with Crippen molar-refractivity contribution in [2.24, 2.45) is 0 Å². The molecular formula is C19H24N3O3+. The number of aryl methyl sites for hydroxylation is 1. The zero-order chi connectivity index (χ0) is 17.8. The zero-order valence-corrected chi connectivity index (χ0v) is 14.6. The average molecular weight is 342 g/mol. The maximum Gasteiger partial charge on any atom is 0.279 e. The number of benzene rings is 1. The largest absolute Gasteiger partial charge is 0.460 e. The van der Waals surface area contributed by atoms with Crippen LogP contribution in [0.5, 0.6) is 0 Å². The van der Waals surface area contributed by atoms with Crippen LogP contribution in [0.3, 0.4) is 0 Å². The minimum Gasteiger partial charge on any atom is -0.460 e. The Morgan fingerprint density at radius 2 is 1.96 bits per heavy atom. The number of quaternary nitrogens is 1. The van der Waals surface area contributed by atoms with E-state index in [4.69, 9.17) is 4.42 Å². The quantitative estimate of drug-likeness (QED) is 0.706. The summed E-state index contributed by atoms with van der Waals surface area (Å²) in [5.74, 6) is 1.45. The Labute approximate surface area is 147 Å². The van der Waals surface area contributed by atoms with E-state index in [9.17, 15) is 9.59 Å². The van der Waals surface area contributed by atoms with Crippen LogP contribution in [0.4, 0.5) is 5.69 Å². The first kappa shape index (κ1) is 17.2. The Morgan fingerprint density at radius 1 is 1.20 bits per heavy atom. The maximum absolute atomic E-state index is 12.3. The number of rotatable bonds is 7. The summed E-state index contributed by atoms with van der Waals surface area (Å²) < 4.78 is 5.54. The highest BCUT2D eigenvalue weighted by atomic mass is 16.3. The second-order valence-electron chi connectivity index (χ2n) is 6.66. The Balaban J connectivity index is 1.57. The molecule has 0 radical (unpaired) electrons. The fourth-order valence-corrected chi connectivity index (χ4v) is 2.69. The van der Waals surface area contributed by atoms with Gasteiger partial charge in [0.05, 0.1) is 18.3 Å². The molecule has 1 atom stereocenters. The summed E-state index contributed by atoms with van der Waals surface area (Å²) in [5, 5.41) is 5.81. The Bertz CT molecular complexity index is 765. The molecule has 25 heavy (non-hydrogen) atoms. The molecule has 1 heterocycles. The summed E-state index contributed by atoms with van der Waals surface area (Å²) in [4.78, 5) is 25.6. The smallest absolute Gasteiger partial charge is 0.279 e. The summed E-state index contributed by atoms with van der Waals surface area (Å²) >= 11 is 0. The molecule has 0 spiro atoms. The number of amides is 2. The van der Waals surface area contributed by atoms with Gasteiger partial charge in [0.25, 0.3) is 11.8 Å². The number of nitrogens with one attached hydrogen (secondary N) is 3. The normalized spacial score (nSPS) is 14.8. The molecule has 6 nitrogen and oxygen atoms in total. The van der Waals surface area contributed by atoms with Gasteiger partial charge in [0.2, 0.25) is 0 Å². The van der Waals surface area contributed by atoms with Crippen LogP contribution in [0.25, 0.3) is 0 Å². The molecular weight excluding hydrogens is 318 g/mol. The van der Waals surface area contributed by atoms with Crippen molar-refractivity contribution >= 4 is 17.5 Å². The van der Waals surface area contributed by atoms with Crippen LogP contribution in [0.1, 0.15) is 34.7 Å². The molecule has 1 aromatic carbocycles. The zero-order valence-electron chi connectivity index (χ0n) is 14.6. The van der Waals surface area contributed by atoms with E-state index in [-0.39, 0.29) is 17.9 Å². The van der Waals surface area contributed by atoms with Crippen molar-refractivity contribution in [1.82, 2.24) is 5.32 Å². The first-order chi connectivity index (χ1) is 12.0. The van der Waals surface area contributed by atoms with Gasteiger partial charge >= 0.3 is 0 Å². The van der Waals surface area contributed by atoms with Gasteiger partial charge in [-0.25, -0.2) is 0 Å². The van der Waals surface area contributed by atoms with E-state index in [2.05, 4.69) is 10.6 Å². The van der Waals surface area contributed by atoms with Crippen molar-refractivity contribution in [3.05, 3.63) is 53.5 Å². The van der Waals surface area contributed by atoms with Gasteiger partial charge in [0, 0.05) is 6.04 Å². The summed E-state index contributed by atoms with van der Waals surface area (Å²) in [7, 11) is 1.93. The van der Waals surface area contributed by atoms with Crippen LogP contribution < -0.4 is 15.5 Å². The van der Waals surface area contributed by atoms with Crippen molar-refractivity contribution in [1.29, 1.82) is 0 Å². The molecule has 2 aromatic rings. The number of hydrogen-bond acceptors (Lipinski definition) is 3. The number of anilines is 1. The lowest BCUT2D eigenvalue weighted by molar-refractivity contribution is -0.886. The highest BCUT2D eigenvalue weighted by molar-refractivity contribution is 6.04. The summed E-state index contributed by atoms with van der Waals surface area (Å²) in [5.41, 5.74) is 1.05. The van der Waals surface area contributed by atoms with E-state index < -0.39 is 0 Å². The third-order valence-electron chi connectivity index (χ3n) is 4.09. The number of likely N-dealkylation sites (N-methyl/N-ethyl adjacent to an activating group) is 1. The molecule has 0 aliphatic heterocycles. The van der Waals surface area contributed by atoms with Crippen molar-refractivity contribution in [2.45, 2.75) is 32.4 Å². The summed E-state index contributed by atoms with van der Waals surface area (Å²) in [6.07, 6.45) is 2.06.